The number of nitrogens with zero attached hydrogens (tertiary/aromatic N) is 1. The number of aliphatic hydroxyl groups excluding tert-OH is 1. The Balaban J connectivity index is 2.66. The Labute approximate surface area is 111 Å². The van der Waals surface area contributed by atoms with Crippen LogP contribution in [0.25, 0.3) is 0 Å². The Morgan fingerprint density at radius 3 is 2.50 bits per heavy atom. The third-order valence-corrected chi connectivity index (χ3v) is 3.23. The summed E-state index contributed by atoms with van der Waals surface area (Å²) in [6.45, 7) is 7.30. The van der Waals surface area contributed by atoms with Crippen molar-refractivity contribution in [3.05, 3.63) is 35.9 Å². The van der Waals surface area contributed by atoms with Crippen molar-refractivity contribution in [2.75, 3.05) is 33.3 Å². The highest BCUT2D eigenvalue weighted by Crippen LogP contribution is 2.22. The summed E-state index contributed by atoms with van der Waals surface area (Å²) in [7, 11) is 2.06. The van der Waals surface area contributed by atoms with E-state index in [9.17, 15) is 0 Å². The summed E-state index contributed by atoms with van der Waals surface area (Å²) < 4.78 is 0. The van der Waals surface area contributed by atoms with Gasteiger partial charge in [-0.3, -0.25) is 0 Å². The molecule has 2 unspecified atom stereocenters. The van der Waals surface area contributed by atoms with Gasteiger partial charge in [-0.25, -0.2) is 0 Å². The highest BCUT2D eigenvalue weighted by molar-refractivity contribution is 5.19. The Bertz CT molecular complexity index is 316. The van der Waals surface area contributed by atoms with E-state index in [0.717, 1.165) is 19.6 Å². The number of hydrogen-bond donors (Lipinski definition) is 2. The fourth-order valence-electron chi connectivity index (χ4n) is 2.39. The monoisotopic (exact) mass is 250 g/mol. The van der Waals surface area contributed by atoms with Gasteiger partial charge in [0.25, 0.3) is 0 Å². The molecular formula is C15H26N2O. The number of benzene rings is 1. The highest BCUT2D eigenvalue weighted by atomic mass is 16.3. The molecule has 0 radical (unpaired) electrons. The van der Waals surface area contributed by atoms with Gasteiger partial charge in [-0.05, 0) is 25.1 Å². The topological polar surface area (TPSA) is 35.5 Å². The van der Waals surface area contributed by atoms with Gasteiger partial charge in [-0.1, -0.05) is 44.2 Å². The van der Waals surface area contributed by atoms with Crippen LogP contribution in [0.1, 0.15) is 25.5 Å². The zero-order valence-electron chi connectivity index (χ0n) is 11.8. The van der Waals surface area contributed by atoms with E-state index in [-0.39, 0.29) is 6.61 Å². The molecule has 1 rings (SSSR count). The van der Waals surface area contributed by atoms with Gasteiger partial charge in [-0.15, -0.1) is 0 Å². The van der Waals surface area contributed by atoms with Crippen molar-refractivity contribution in [2.45, 2.75) is 19.9 Å². The number of hydrogen-bond acceptors (Lipinski definition) is 3. The fraction of sp³-hybridized carbons (Fsp3) is 0.600. The summed E-state index contributed by atoms with van der Waals surface area (Å²) in [5.74, 6) is 0.504. The maximum atomic E-state index is 8.95. The fourth-order valence-corrected chi connectivity index (χ4v) is 2.39. The summed E-state index contributed by atoms with van der Waals surface area (Å²) in [5.41, 5.74) is 1.34. The van der Waals surface area contributed by atoms with Gasteiger partial charge >= 0.3 is 0 Å². The molecule has 3 heteroatoms. The third-order valence-electron chi connectivity index (χ3n) is 3.23. The molecule has 1 aromatic rings. The standard InChI is InChI=1S/C15H26N2O/c1-4-16-15(14-8-6-5-7-9-14)13(2)12-17(3)10-11-18/h5-9,13,15-16,18H,4,10-12H2,1-3H3. The van der Waals surface area contributed by atoms with Crippen molar-refractivity contribution in [3.8, 4) is 0 Å². The van der Waals surface area contributed by atoms with Gasteiger partial charge in [0.2, 0.25) is 0 Å². The Morgan fingerprint density at radius 1 is 1.28 bits per heavy atom. The van der Waals surface area contributed by atoms with Crippen molar-refractivity contribution in [1.82, 2.24) is 10.2 Å². The van der Waals surface area contributed by atoms with E-state index in [2.05, 4.69) is 61.4 Å². The first-order valence-corrected chi connectivity index (χ1v) is 6.76. The van der Waals surface area contributed by atoms with Crippen LogP contribution in [0.15, 0.2) is 30.3 Å². The lowest BCUT2D eigenvalue weighted by Crippen LogP contribution is -2.35. The normalized spacial score (nSPS) is 14.7. The maximum absolute atomic E-state index is 8.95. The second-order valence-corrected chi connectivity index (χ2v) is 4.91. The van der Waals surface area contributed by atoms with Crippen molar-refractivity contribution >= 4 is 0 Å². The molecule has 0 aliphatic heterocycles. The minimum absolute atomic E-state index is 0.223. The van der Waals surface area contributed by atoms with Gasteiger partial charge in [0.1, 0.15) is 0 Å². The summed E-state index contributed by atoms with van der Waals surface area (Å²) in [6.07, 6.45) is 0. The van der Waals surface area contributed by atoms with Crippen LogP contribution < -0.4 is 5.32 Å². The van der Waals surface area contributed by atoms with Gasteiger partial charge in [0, 0.05) is 19.1 Å². The van der Waals surface area contributed by atoms with Crippen LogP contribution in [-0.4, -0.2) is 43.3 Å². The van der Waals surface area contributed by atoms with Gasteiger partial charge < -0.3 is 15.3 Å². The van der Waals surface area contributed by atoms with Gasteiger partial charge in [-0.2, -0.15) is 0 Å². The predicted molar refractivity (Wildman–Crippen MR) is 76.6 cm³/mol. The van der Waals surface area contributed by atoms with Gasteiger partial charge in [0.15, 0.2) is 0 Å². The van der Waals surface area contributed by atoms with Crippen molar-refractivity contribution in [1.29, 1.82) is 0 Å². The van der Waals surface area contributed by atoms with Crippen molar-refractivity contribution in [2.24, 2.45) is 5.92 Å². The first kappa shape index (κ1) is 15.2. The summed E-state index contributed by atoms with van der Waals surface area (Å²) >= 11 is 0. The minimum Gasteiger partial charge on any atom is -0.395 e. The van der Waals surface area contributed by atoms with Crippen molar-refractivity contribution < 1.29 is 5.11 Å². The van der Waals surface area contributed by atoms with Crippen molar-refractivity contribution in [3.63, 3.8) is 0 Å². The molecule has 2 atom stereocenters. The lowest BCUT2D eigenvalue weighted by molar-refractivity contribution is 0.192. The number of nitrogens with one attached hydrogen (secondary N) is 1. The molecule has 102 valence electrons. The summed E-state index contributed by atoms with van der Waals surface area (Å²) in [4.78, 5) is 2.18. The average Bonchev–Trinajstić information content (AvgIpc) is 2.37. The van der Waals surface area contributed by atoms with E-state index in [4.69, 9.17) is 5.11 Å². The molecule has 0 amide bonds. The van der Waals surface area contributed by atoms with Crippen LogP contribution in [-0.2, 0) is 0 Å². The molecule has 1 aromatic carbocycles. The molecule has 3 nitrogen and oxygen atoms in total. The molecule has 0 heterocycles. The van der Waals surface area contributed by atoms with E-state index in [1.54, 1.807) is 0 Å². The smallest absolute Gasteiger partial charge is 0.0558 e. The zero-order chi connectivity index (χ0) is 13.4. The Hall–Kier alpha value is -0.900. The van der Waals surface area contributed by atoms with E-state index < -0.39 is 0 Å². The quantitative estimate of drug-likeness (QED) is 0.739. The van der Waals surface area contributed by atoms with E-state index in [1.165, 1.54) is 5.56 Å². The average molecular weight is 250 g/mol. The molecule has 2 N–H and O–H groups in total. The van der Waals surface area contributed by atoms with E-state index in [1.807, 2.05) is 0 Å². The van der Waals surface area contributed by atoms with E-state index >= 15 is 0 Å². The molecule has 0 fully saturated rings. The first-order valence-electron chi connectivity index (χ1n) is 6.76. The predicted octanol–water partition coefficient (Wildman–Crippen LogP) is 1.90. The third kappa shape index (κ3) is 4.77. The summed E-state index contributed by atoms with van der Waals surface area (Å²) in [5, 5.41) is 12.5. The molecule has 0 saturated heterocycles. The molecule has 0 aliphatic carbocycles. The molecule has 0 bridgehead atoms. The van der Waals surface area contributed by atoms with Crippen LogP contribution >= 0.6 is 0 Å². The Kier molecular flexibility index (Phi) is 6.94. The first-order chi connectivity index (χ1) is 8.69. The SMILES string of the molecule is CCNC(c1ccccc1)C(C)CN(C)CCO. The van der Waals surface area contributed by atoms with Crippen LogP contribution in [0.2, 0.25) is 0 Å². The lowest BCUT2D eigenvalue weighted by atomic mass is 9.94. The number of likely N-dealkylation sites (N-methyl/N-ethyl adjacent to an activating group) is 1. The highest BCUT2D eigenvalue weighted by Gasteiger charge is 2.19. The second kappa shape index (κ2) is 8.25. The second-order valence-electron chi connectivity index (χ2n) is 4.91. The molecular weight excluding hydrogens is 224 g/mol. The molecule has 0 aromatic heterocycles. The molecule has 18 heavy (non-hydrogen) atoms. The molecule has 0 spiro atoms. The number of rotatable bonds is 8. The largest absolute Gasteiger partial charge is 0.395 e. The Morgan fingerprint density at radius 2 is 1.94 bits per heavy atom. The van der Waals surface area contributed by atoms with Crippen LogP contribution in [0.4, 0.5) is 0 Å². The number of aliphatic hydroxyl groups is 1. The van der Waals surface area contributed by atoms with E-state index in [0.29, 0.717) is 12.0 Å². The van der Waals surface area contributed by atoms with Crippen LogP contribution in [0.3, 0.4) is 0 Å². The maximum Gasteiger partial charge on any atom is 0.0558 e. The van der Waals surface area contributed by atoms with Crippen LogP contribution in [0.5, 0.6) is 0 Å². The van der Waals surface area contributed by atoms with Crippen LogP contribution in [0, 0.1) is 5.92 Å². The summed E-state index contributed by atoms with van der Waals surface area (Å²) in [6, 6.07) is 11.0. The minimum atomic E-state index is 0.223. The zero-order valence-corrected chi connectivity index (χ0v) is 11.8. The molecule has 0 aliphatic rings. The molecule has 0 saturated carbocycles. The lowest BCUT2D eigenvalue weighted by Gasteiger charge is -2.29. The van der Waals surface area contributed by atoms with Gasteiger partial charge in [0.05, 0.1) is 6.61 Å².